The van der Waals surface area contributed by atoms with Gasteiger partial charge < -0.3 is 9.47 Å². The minimum absolute atomic E-state index is 0.121. The zero-order valence-electron chi connectivity index (χ0n) is 16.3. The molecule has 0 saturated heterocycles. The lowest BCUT2D eigenvalue weighted by atomic mass is 10.1. The Morgan fingerprint density at radius 2 is 1.96 bits per heavy atom. The first kappa shape index (κ1) is 20.1. The van der Waals surface area contributed by atoms with Crippen molar-refractivity contribution in [3.05, 3.63) is 83.2 Å². The number of carbonyl (C=O) groups is 1. The summed E-state index contributed by atoms with van der Waals surface area (Å²) in [6.07, 6.45) is 7.76. The molecule has 28 heavy (non-hydrogen) atoms. The summed E-state index contributed by atoms with van der Waals surface area (Å²) in [6, 6.07) is 11.7. The molecule has 0 spiro atoms. The third kappa shape index (κ3) is 5.67. The van der Waals surface area contributed by atoms with E-state index < -0.39 is 0 Å². The number of benzene rings is 1. The van der Waals surface area contributed by atoms with Gasteiger partial charge in [0.25, 0.3) is 0 Å². The van der Waals surface area contributed by atoms with E-state index in [1.54, 1.807) is 18.6 Å². The molecular formula is C22H25ClN4O. The lowest BCUT2D eigenvalue weighted by Gasteiger charge is -2.24. The van der Waals surface area contributed by atoms with E-state index in [1.165, 1.54) is 0 Å². The largest absolute Gasteiger partial charge is 0.331 e. The van der Waals surface area contributed by atoms with Crippen LogP contribution in [-0.2, 0) is 24.4 Å². The van der Waals surface area contributed by atoms with Crippen molar-refractivity contribution in [1.82, 2.24) is 19.4 Å². The SMILES string of the molecule is CC(C)CC(=O)N(Cc1cccnc1)Cc1nccn1Cc1cccc(Cl)c1. The van der Waals surface area contributed by atoms with Crippen LogP contribution < -0.4 is 0 Å². The topological polar surface area (TPSA) is 51.0 Å². The Kier molecular flexibility index (Phi) is 6.82. The van der Waals surface area contributed by atoms with Gasteiger partial charge in [0, 0.05) is 49.3 Å². The number of hydrogen-bond donors (Lipinski definition) is 0. The van der Waals surface area contributed by atoms with Crippen LogP contribution in [0, 0.1) is 5.92 Å². The van der Waals surface area contributed by atoms with Crippen LogP contribution in [0.25, 0.3) is 0 Å². The number of halogens is 1. The summed E-state index contributed by atoms with van der Waals surface area (Å²) in [5.74, 6) is 1.27. The standard InChI is InChI=1S/C22H25ClN4O/c1-17(2)11-22(28)27(15-19-6-4-8-24-13-19)16-21-25-9-10-26(21)14-18-5-3-7-20(23)12-18/h3-10,12-13,17H,11,14-16H2,1-2H3. The van der Waals surface area contributed by atoms with E-state index in [0.717, 1.165) is 17.0 Å². The number of hydrogen-bond acceptors (Lipinski definition) is 3. The van der Waals surface area contributed by atoms with Gasteiger partial charge in [0.1, 0.15) is 5.82 Å². The molecule has 1 aromatic carbocycles. The summed E-state index contributed by atoms with van der Waals surface area (Å²) < 4.78 is 2.06. The molecule has 0 atom stereocenters. The van der Waals surface area contributed by atoms with E-state index in [0.29, 0.717) is 37.0 Å². The van der Waals surface area contributed by atoms with Crippen molar-refractivity contribution < 1.29 is 4.79 Å². The number of imidazole rings is 1. The molecule has 3 aromatic rings. The summed E-state index contributed by atoms with van der Waals surface area (Å²) in [5.41, 5.74) is 2.10. The number of amides is 1. The van der Waals surface area contributed by atoms with E-state index in [2.05, 4.69) is 28.4 Å². The van der Waals surface area contributed by atoms with Crippen LogP contribution in [0.1, 0.15) is 37.2 Å². The van der Waals surface area contributed by atoms with Gasteiger partial charge in [0.05, 0.1) is 6.54 Å². The monoisotopic (exact) mass is 396 g/mol. The predicted octanol–water partition coefficient (Wildman–Crippen LogP) is 4.55. The molecule has 0 fully saturated rings. The van der Waals surface area contributed by atoms with Gasteiger partial charge in [0.15, 0.2) is 0 Å². The lowest BCUT2D eigenvalue weighted by molar-refractivity contribution is -0.133. The average Bonchev–Trinajstić information content (AvgIpc) is 3.08. The zero-order valence-corrected chi connectivity index (χ0v) is 17.0. The molecule has 2 aromatic heterocycles. The molecule has 0 aliphatic carbocycles. The fourth-order valence-electron chi connectivity index (χ4n) is 3.06. The maximum Gasteiger partial charge on any atom is 0.223 e. The van der Waals surface area contributed by atoms with Crippen molar-refractivity contribution in [3.8, 4) is 0 Å². The molecule has 0 aliphatic rings. The fraction of sp³-hybridized carbons (Fsp3) is 0.318. The molecule has 146 valence electrons. The van der Waals surface area contributed by atoms with Crippen molar-refractivity contribution in [1.29, 1.82) is 0 Å². The highest BCUT2D eigenvalue weighted by Gasteiger charge is 2.18. The number of rotatable bonds is 8. The minimum atomic E-state index is 0.121. The van der Waals surface area contributed by atoms with Crippen LogP contribution in [-0.4, -0.2) is 25.3 Å². The number of carbonyl (C=O) groups excluding carboxylic acids is 1. The molecule has 1 amide bonds. The highest BCUT2D eigenvalue weighted by Crippen LogP contribution is 2.16. The summed E-state index contributed by atoms with van der Waals surface area (Å²) in [6.45, 7) is 5.74. The van der Waals surface area contributed by atoms with Crippen LogP contribution in [0.5, 0.6) is 0 Å². The van der Waals surface area contributed by atoms with E-state index in [1.807, 2.05) is 47.5 Å². The van der Waals surface area contributed by atoms with Gasteiger partial charge in [-0.05, 0) is 35.2 Å². The van der Waals surface area contributed by atoms with E-state index in [-0.39, 0.29) is 5.91 Å². The molecule has 3 rings (SSSR count). The first-order valence-corrected chi connectivity index (χ1v) is 9.80. The first-order chi connectivity index (χ1) is 13.5. The zero-order chi connectivity index (χ0) is 19.9. The molecule has 0 unspecified atom stereocenters. The molecule has 6 heteroatoms. The quantitative estimate of drug-likeness (QED) is 0.561. The highest BCUT2D eigenvalue weighted by molar-refractivity contribution is 6.30. The lowest BCUT2D eigenvalue weighted by Crippen LogP contribution is -2.32. The first-order valence-electron chi connectivity index (χ1n) is 9.42. The van der Waals surface area contributed by atoms with E-state index >= 15 is 0 Å². The number of aromatic nitrogens is 3. The van der Waals surface area contributed by atoms with Crippen molar-refractivity contribution in [3.63, 3.8) is 0 Å². The Bertz CT molecular complexity index is 908. The fourth-order valence-corrected chi connectivity index (χ4v) is 3.27. The molecule has 0 aliphatic heterocycles. The van der Waals surface area contributed by atoms with Crippen molar-refractivity contribution in [2.75, 3.05) is 0 Å². The smallest absolute Gasteiger partial charge is 0.223 e. The Balaban J connectivity index is 1.78. The van der Waals surface area contributed by atoms with E-state index in [4.69, 9.17) is 11.6 Å². The normalized spacial score (nSPS) is 11.0. The summed E-state index contributed by atoms with van der Waals surface area (Å²) in [7, 11) is 0. The highest BCUT2D eigenvalue weighted by atomic mass is 35.5. The van der Waals surface area contributed by atoms with Crippen LogP contribution >= 0.6 is 11.6 Å². The van der Waals surface area contributed by atoms with Crippen molar-refractivity contribution in [2.24, 2.45) is 5.92 Å². The number of nitrogens with zero attached hydrogens (tertiary/aromatic N) is 4. The van der Waals surface area contributed by atoms with Crippen LogP contribution in [0.15, 0.2) is 61.2 Å². The van der Waals surface area contributed by atoms with E-state index in [9.17, 15) is 4.79 Å². The van der Waals surface area contributed by atoms with Crippen LogP contribution in [0.3, 0.4) is 0 Å². The van der Waals surface area contributed by atoms with Gasteiger partial charge in [-0.25, -0.2) is 4.98 Å². The third-order valence-corrected chi connectivity index (χ3v) is 4.64. The van der Waals surface area contributed by atoms with Crippen LogP contribution in [0.2, 0.25) is 5.02 Å². The summed E-state index contributed by atoms with van der Waals surface area (Å²) in [5, 5.41) is 0.712. The molecule has 5 nitrogen and oxygen atoms in total. The van der Waals surface area contributed by atoms with Gasteiger partial charge in [0.2, 0.25) is 5.91 Å². The maximum absolute atomic E-state index is 12.8. The van der Waals surface area contributed by atoms with Gasteiger partial charge in [-0.2, -0.15) is 0 Å². The van der Waals surface area contributed by atoms with Crippen molar-refractivity contribution in [2.45, 2.75) is 39.9 Å². The Morgan fingerprint density at radius 1 is 1.14 bits per heavy atom. The second-order valence-electron chi connectivity index (χ2n) is 7.31. The van der Waals surface area contributed by atoms with Gasteiger partial charge in [-0.1, -0.05) is 43.6 Å². The predicted molar refractivity (Wildman–Crippen MR) is 111 cm³/mol. The van der Waals surface area contributed by atoms with Gasteiger partial charge in [-0.15, -0.1) is 0 Å². The second-order valence-corrected chi connectivity index (χ2v) is 7.75. The Morgan fingerprint density at radius 3 is 2.68 bits per heavy atom. The molecule has 0 saturated carbocycles. The molecule has 0 radical (unpaired) electrons. The molecule has 2 heterocycles. The van der Waals surface area contributed by atoms with Gasteiger partial charge >= 0.3 is 0 Å². The molecular weight excluding hydrogens is 372 g/mol. The molecule has 0 bridgehead atoms. The summed E-state index contributed by atoms with van der Waals surface area (Å²) >= 11 is 6.11. The Labute approximate surface area is 171 Å². The Hall–Kier alpha value is -2.66. The third-order valence-electron chi connectivity index (χ3n) is 4.41. The van der Waals surface area contributed by atoms with Crippen molar-refractivity contribution >= 4 is 17.5 Å². The maximum atomic E-state index is 12.8. The average molecular weight is 397 g/mol. The minimum Gasteiger partial charge on any atom is -0.331 e. The van der Waals surface area contributed by atoms with Gasteiger partial charge in [-0.3, -0.25) is 9.78 Å². The second kappa shape index (κ2) is 9.51. The van der Waals surface area contributed by atoms with Crippen LogP contribution in [0.4, 0.5) is 0 Å². The summed E-state index contributed by atoms with van der Waals surface area (Å²) in [4.78, 5) is 23.4. The number of pyridine rings is 1. The molecule has 0 N–H and O–H groups in total.